The third-order valence-electron chi connectivity index (χ3n) is 3.09. The summed E-state index contributed by atoms with van der Waals surface area (Å²) in [5.41, 5.74) is 1.36. The van der Waals surface area contributed by atoms with Gasteiger partial charge >= 0.3 is 0 Å². The maximum absolute atomic E-state index is 3.63. The molecule has 0 aromatic heterocycles. The quantitative estimate of drug-likeness (QED) is 0.906. The first-order chi connectivity index (χ1) is 7.75. The summed E-state index contributed by atoms with van der Waals surface area (Å²) in [6, 6.07) is 9.00. The highest BCUT2D eigenvalue weighted by Crippen LogP contribution is 2.24. The Balaban J connectivity index is 1.85. The molecular weight excluding hydrogens is 282 g/mol. The standard InChI is InChI=1S/C13H18BrNS/c1-10(12-3-2-4-13(14)7-12)15-8-11-5-6-16-9-11/h2-4,7,10-11,15H,5-6,8-9H2,1H3/t10-,11?/m0/s1. The van der Waals surface area contributed by atoms with Gasteiger partial charge in [-0.15, -0.1) is 0 Å². The van der Waals surface area contributed by atoms with Crippen molar-refractivity contribution in [3.05, 3.63) is 34.3 Å². The van der Waals surface area contributed by atoms with Gasteiger partial charge in [0.05, 0.1) is 0 Å². The lowest BCUT2D eigenvalue weighted by molar-refractivity contribution is 0.477. The van der Waals surface area contributed by atoms with E-state index in [1.165, 1.54) is 23.5 Å². The number of nitrogens with one attached hydrogen (secondary N) is 1. The summed E-state index contributed by atoms with van der Waals surface area (Å²) < 4.78 is 1.16. The van der Waals surface area contributed by atoms with Crippen LogP contribution < -0.4 is 5.32 Å². The fraction of sp³-hybridized carbons (Fsp3) is 0.538. The van der Waals surface area contributed by atoms with Gasteiger partial charge in [-0.3, -0.25) is 0 Å². The first-order valence-corrected chi connectivity index (χ1v) is 7.77. The van der Waals surface area contributed by atoms with Gasteiger partial charge in [-0.1, -0.05) is 28.1 Å². The van der Waals surface area contributed by atoms with Gasteiger partial charge in [0.1, 0.15) is 0 Å². The molecule has 0 amide bonds. The number of rotatable bonds is 4. The van der Waals surface area contributed by atoms with Gasteiger partial charge in [-0.25, -0.2) is 0 Å². The van der Waals surface area contributed by atoms with E-state index in [1.807, 2.05) is 0 Å². The van der Waals surface area contributed by atoms with Crippen molar-refractivity contribution in [2.45, 2.75) is 19.4 Å². The van der Waals surface area contributed by atoms with Crippen LogP contribution in [0.25, 0.3) is 0 Å². The SMILES string of the molecule is C[C@H](NCC1CCSC1)c1cccc(Br)c1. The Kier molecular flexibility index (Phi) is 4.74. The number of hydrogen-bond donors (Lipinski definition) is 1. The topological polar surface area (TPSA) is 12.0 Å². The third-order valence-corrected chi connectivity index (χ3v) is 4.81. The largest absolute Gasteiger partial charge is 0.310 e. The molecule has 1 saturated heterocycles. The molecule has 0 saturated carbocycles. The van der Waals surface area contributed by atoms with E-state index < -0.39 is 0 Å². The maximum atomic E-state index is 3.63. The molecule has 1 unspecified atom stereocenters. The summed E-state index contributed by atoms with van der Waals surface area (Å²) in [5.74, 6) is 3.55. The van der Waals surface area contributed by atoms with E-state index in [4.69, 9.17) is 0 Å². The summed E-state index contributed by atoms with van der Waals surface area (Å²) in [6.45, 7) is 3.39. The molecule has 16 heavy (non-hydrogen) atoms. The highest BCUT2D eigenvalue weighted by molar-refractivity contribution is 9.10. The second-order valence-corrected chi connectivity index (χ2v) is 6.48. The highest BCUT2D eigenvalue weighted by atomic mass is 79.9. The molecule has 3 heteroatoms. The molecule has 1 N–H and O–H groups in total. The minimum atomic E-state index is 0.447. The number of halogens is 1. The van der Waals surface area contributed by atoms with E-state index in [0.29, 0.717) is 6.04 Å². The summed E-state index contributed by atoms with van der Waals surface area (Å²) in [6.07, 6.45) is 1.38. The van der Waals surface area contributed by atoms with Crippen LogP contribution in [0.2, 0.25) is 0 Å². The molecule has 0 bridgehead atoms. The van der Waals surface area contributed by atoms with Crippen LogP contribution in [-0.2, 0) is 0 Å². The average molecular weight is 300 g/mol. The predicted molar refractivity (Wildman–Crippen MR) is 76.0 cm³/mol. The molecule has 1 fully saturated rings. The molecule has 1 nitrogen and oxygen atoms in total. The molecule has 1 aromatic carbocycles. The van der Waals surface area contributed by atoms with E-state index in [2.05, 4.69) is 64.2 Å². The molecule has 0 aliphatic carbocycles. The molecule has 0 spiro atoms. The third kappa shape index (κ3) is 3.51. The van der Waals surface area contributed by atoms with E-state index in [1.54, 1.807) is 0 Å². The molecule has 2 rings (SSSR count). The minimum Gasteiger partial charge on any atom is -0.310 e. The summed E-state index contributed by atoms with van der Waals surface area (Å²) >= 11 is 5.60. The lowest BCUT2D eigenvalue weighted by atomic mass is 10.1. The van der Waals surface area contributed by atoms with Crippen molar-refractivity contribution in [3.8, 4) is 0 Å². The van der Waals surface area contributed by atoms with E-state index in [-0.39, 0.29) is 0 Å². The highest BCUT2D eigenvalue weighted by Gasteiger charge is 2.16. The summed E-state index contributed by atoms with van der Waals surface area (Å²) in [5, 5.41) is 3.63. The molecule has 1 aromatic rings. The van der Waals surface area contributed by atoms with Crippen molar-refractivity contribution in [1.82, 2.24) is 5.32 Å². The van der Waals surface area contributed by atoms with E-state index in [9.17, 15) is 0 Å². The molecular formula is C13H18BrNS. The number of hydrogen-bond acceptors (Lipinski definition) is 2. The average Bonchev–Trinajstić information content (AvgIpc) is 2.78. The van der Waals surface area contributed by atoms with Gasteiger partial charge in [0, 0.05) is 10.5 Å². The first-order valence-electron chi connectivity index (χ1n) is 5.82. The predicted octanol–water partition coefficient (Wildman–Crippen LogP) is 3.85. The van der Waals surface area contributed by atoms with Gasteiger partial charge in [-0.05, 0) is 55.0 Å². The van der Waals surface area contributed by atoms with Crippen LogP contribution in [0.4, 0.5) is 0 Å². The van der Waals surface area contributed by atoms with Crippen LogP contribution in [0.5, 0.6) is 0 Å². The molecule has 1 heterocycles. The fourth-order valence-corrected chi connectivity index (χ4v) is 3.68. The van der Waals surface area contributed by atoms with Crippen molar-refractivity contribution in [2.75, 3.05) is 18.1 Å². The lowest BCUT2D eigenvalue weighted by Crippen LogP contribution is -2.25. The second kappa shape index (κ2) is 6.08. The molecule has 1 aliphatic heterocycles. The van der Waals surface area contributed by atoms with Crippen LogP contribution in [-0.4, -0.2) is 18.1 Å². The van der Waals surface area contributed by atoms with Crippen LogP contribution in [0.1, 0.15) is 24.9 Å². The van der Waals surface area contributed by atoms with Gasteiger partial charge in [0.2, 0.25) is 0 Å². The second-order valence-electron chi connectivity index (χ2n) is 4.41. The smallest absolute Gasteiger partial charge is 0.0292 e. The van der Waals surface area contributed by atoms with Crippen molar-refractivity contribution in [1.29, 1.82) is 0 Å². The fourth-order valence-electron chi connectivity index (χ4n) is 1.98. The zero-order valence-corrected chi connectivity index (χ0v) is 12.0. The summed E-state index contributed by atoms with van der Waals surface area (Å²) in [4.78, 5) is 0. The molecule has 0 radical (unpaired) electrons. The Morgan fingerprint density at radius 1 is 1.56 bits per heavy atom. The first kappa shape index (κ1) is 12.5. The number of benzene rings is 1. The normalized spacial score (nSPS) is 22.2. The van der Waals surface area contributed by atoms with Crippen molar-refractivity contribution in [2.24, 2.45) is 5.92 Å². The number of thioether (sulfide) groups is 1. The Morgan fingerprint density at radius 2 is 2.44 bits per heavy atom. The summed E-state index contributed by atoms with van der Waals surface area (Å²) in [7, 11) is 0. The van der Waals surface area contributed by atoms with Crippen LogP contribution >= 0.6 is 27.7 Å². The van der Waals surface area contributed by atoms with Crippen LogP contribution in [0, 0.1) is 5.92 Å². The lowest BCUT2D eigenvalue weighted by Gasteiger charge is -2.17. The van der Waals surface area contributed by atoms with Crippen LogP contribution in [0.15, 0.2) is 28.7 Å². The van der Waals surface area contributed by atoms with Crippen molar-refractivity contribution in [3.63, 3.8) is 0 Å². The minimum absolute atomic E-state index is 0.447. The maximum Gasteiger partial charge on any atom is 0.0292 e. The zero-order valence-electron chi connectivity index (χ0n) is 9.58. The zero-order chi connectivity index (χ0) is 11.4. The van der Waals surface area contributed by atoms with Crippen molar-refractivity contribution < 1.29 is 0 Å². The van der Waals surface area contributed by atoms with Crippen LogP contribution in [0.3, 0.4) is 0 Å². The monoisotopic (exact) mass is 299 g/mol. The Morgan fingerprint density at radius 3 is 3.12 bits per heavy atom. The van der Waals surface area contributed by atoms with E-state index >= 15 is 0 Å². The van der Waals surface area contributed by atoms with Crippen molar-refractivity contribution >= 4 is 27.7 Å². The molecule has 1 aliphatic rings. The Hall–Kier alpha value is 0.01000. The molecule has 88 valence electrons. The van der Waals surface area contributed by atoms with Gasteiger partial charge < -0.3 is 5.32 Å². The Bertz CT molecular complexity index is 336. The van der Waals surface area contributed by atoms with Gasteiger partial charge in [0.25, 0.3) is 0 Å². The van der Waals surface area contributed by atoms with E-state index in [0.717, 1.165) is 16.9 Å². The molecule has 2 atom stereocenters. The van der Waals surface area contributed by atoms with Gasteiger partial charge in [0.15, 0.2) is 0 Å². The van der Waals surface area contributed by atoms with Gasteiger partial charge in [-0.2, -0.15) is 11.8 Å². The Labute approximate surface area is 111 Å².